The first-order valence-electron chi connectivity index (χ1n) is 7.71. The number of nitrogens with zero attached hydrogens (tertiary/aromatic N) is 2. The van der Waals surface area contributed by atoms with Crippen LogP contribution in [0.2, 0.25) is 0 Å². The summed E-state index contributed by atoms with van der Waals surface area (Å²) in [5.74, 6) is 0.401. The van der Waals surface area contributed by atoms with Crippen LogP contribution in [0.5, 0.6) is 0 Å². The number of amides is 3. The standard InChI is InChI=1S/C17H17FN4O2S/c18-13-1-3-14(4-2-13)21-17(24)22-11-25-10-15(22)16(23)20-9-12-5-7-19-8-6-12/h1-8,15H,9-11H2,(H,20,23)(H,21,24). The average molecular weight is 360 g/mol. The molecule has 3 amide bonds. The number of rotatable bonds is 4. The van der Waals surface area contributed by atoms with E-state index in [1.165, 1.54) is 40.9 Å². The Morgan fingerprint density at radius 1 is 1.20 bits per heavy atom. The van der Waals surface area contributed by atoms with Crippen molar-refractivity contribution in [3.63, 3.8) is 0 Å². The fourth-order valence-corrected chi connectivity index (χ4v) is 3.55. The van der Waals surface area contributed by atoms with Crippen molar-refractivity contribution in [2.45, 2.75) is 12.6 Å². The van der Waals surface area contributed by atoms with Gasteiger partial charge in [-0.1, -0.05) is 0 Å². The number of carbonyl (C=O) groups excluding carboxylic acids is 2. The number of hydrogen-bond donors (Lipinski definition) is 2. The lowest BCUT2D eigenvalue weighted by molar-refractivity contribution is -0.124. The van der Waals surface area contributed by atoms with Crippen molar-refractivity contribution in [1.29, 1.82) is 0 Å². The van der Waals surface area contributed by atoms with Crippen molar-refractivity contribution >= 4 is 29.4 Å². The lowest BCUT2D eigenvalue weighted by Gasteiger charge is -2.23. The molecule has 2 N–H and O–H groups in total. The van der Waals surface area contributed by atoms with E-state index in [2.05, 4.69) is 15.6 Å². The Kier molecular flexibility index (Phi) is 5.49. The van der Waals surface area contributed by atoms with Crippen LogP contribution in [-0.4, -0.2) is 39.5 Å². The fraction of sp³-hybridized carbons (Fsp3) is 0.235. The molecule has 1 fully saturated rings. The molecule has 1 aromatic carbocycles. The molecule has 0 saturated carbocycles. The van der Waals surface area contributed by atoms with E-state index in [9.17, 15) is 14.0 Å². The molecule has 1 aliphatic rings. The summed E-state index contributed by atoms with van der Waals surface area (Å²) in [6.45, 7) is 0.385. The van der Waals surface area contributed by atoms with Crippen LogP contribution >= 0.6 is 11.8 Å². The second-order valence-corrected chi connectivity index (χ2v) is 6.50. The van der Waals surface area contributed by atoms with E-state index in [-0.39, 0.29) is 17.8 Å². The number of nitrogens with one attached hydrogen (secondary N) is 2. The third-order valence-electron chi connectivity index (χ3n) is 3.76. The first-order chi connectivity index (χ1) is 12.1. The Morgan fingerprint density at radius 3 is 2.64 bits per heavy atom. The SMILES string of the molecule is O=C(NCc1ccncc1)C1CSCN1C(=O)Nc1ccc(F)cc1. The summed E-state index contributed by atoms with van der Waals surface area (Å²) in [6.07, 6.45) is 3.32. The molecule has 1 aliphatic heterocycles. The predicted octanol–water partition coefficient (Wildman–Crippen LogP) is 2.44. The molecule has 1 unspecified atom stereocenters. The quantitative estimate of drug-likeness (QED) is 0.878. The third kappa shape index (κ3) is 4.48. The van der Waals surface area contributed by atoms with Crippen molar-refractivity contribution in [1.82, 2.24) is 15.2 Å². The molecule has 25 heavy (non-hydrogen) atoms. The van der Waals surface area contributed by atoms with Crippen LogP contribution in [0.4, 0.5) is 14.9 Å². The van der Waals surface area contributed by atoms with Crippen LogP contribution in [-0.2, 0) is 11.3 Å². The van der Waals surface area contributed by atoms with E-state index in [1.54, 1.807) is 12.4 Å². The van der Waals surface area contributed by atoms with Gasteiger partial charge in [0.2, 0.25) is 5.91 Å². The smallest absolute Gasteiger partial charge is 0.323 e. The van der Waals surface area contributed by atoms with Gasteiger partial charge in [-0.25, -0.2) is 9.18 Å². The van der Waals surface area contributed by atoms with Crippen LogP contribution in [0.3, 0.4) is 0 Å². The maximum Gasteiger partial charge on any atom is 0.323 e. The Morgan fingerprint density at radius 2 is 1.92 bits per heavy atom. The van der Waals surface area contributed by atoms with Gasteiger partial charge in [-0.3, -0.25) is 9.78 Å². The fourth-order valence-electron chi connectivity index (χ4n) is 2.40. The Balaban J connectivity index is 1.58. The van der Waals surface area contributed by atoms with Crippen LogP contribution in [0.1, 0.15) is 5.56 Å². The molecule has 8 heteroatoms. The monoisotopic (exact) mass is 360 g/mol. The van der Waals surface area contributed by atoms with Crippen LogP contribution in [0.15, 0.2) is 48.8 Å². The largest absolute Gasteiger partial charge is 0.350 e. The summed E-state index contributed by atoms with van der Waals surface area (Å²) >= 11 is 1.52. The summed E-state index contributed by atoms with van der Waals surface area (Å²) in [4.78, 5) is 30.2. The number of pyridine rings is 1. The van der Waals surface area contributed by atoms with Crippen molar-refractivity contribution in [3.05, 3.63) is 60.2 Å². The van der Waals surface area contributed by atoms with E-state index < -0.39 is 6.04 Å². The molecule has 2 aromatic rings. The van der Waals surface area contributed by atoms with Gasteiger partial charge >= 0.3 is 6.03 Å². The van der Waals surface area contributed by atoms with Gasteiger partial charge in [0.05, 0.1) is 5.88 Å². The van der Waals surface area contributed by atoms with Gasteiger partial charge in [-0.2, -0.15) is 0 Å². The molecule has 1 atom stereocenters. The van der Waals surface area contributed by atoms with Crippen LogP contribution < -0.4 is 10.6 Å². The lowest BCUT2D eigenvalue weighted by Crippen LogP contribution is -2.48. The molecule has 1 aromatic heterocycles. The van der Waals surface area contributed by atoms with Gasteiger partial charge in [0.1, 0.15) is 11.9 Å². The second kappa shape index (κ2) is 7.98. The van der Waals surface area contributed by atoms with Crippen molar-refractivity contribution in [2.75, 3.05) is 16.9 Å². The van der Waals surface area contributed by atoms with E-state index >= 15 is 0 Å². The number of thioether (sulfide) groups is 1. The molecule has 3 rings (SSSR count). The first kappa shape index (κ1) is 17.2. The third-order valence-corrected chi connectivity index (χ3v) is 4.77. The highest BCUT2D eigenvalue weighted by Gasteiger charge is 2.34. The van der Waals surface area contributed by atoms with Gasteiger partial charge in [-0.15, -0.1) is 11.8 Å². The minimum atomic E-state index is -0.535. The molecule has 0 bridgehead atoms. The minimum absolute atomic E-state index is 0.198. The van der Waals surface area contributed by atoms with Gasteiger partial charge in [0.15, 0.2) is 0 Å². The minimum Gasteiger partial charge on any atom is -0.350 e. The Bertz CT molecular complexity index is 742. The zero-order valence-corrected chi connectivity index (χ0v) is 14.1. The summed E-state index contributed by atoms with van der Waals surface area (Å²) in [5.41, 5.74) is 1.43. The molecular formula is C17H17FN4O2S. The highest BCUT2D eigenvalue weighted by molar-refractivity contribution is 7.99. The highest BCUT2D eigenvalue weighted by atomic mass is 32.2. The number of benzene rings is 1. The maximum atomic E-state index is 12.9. The molecule has 1 saturated heterocycles. The van der Waals surface area contributed by atoms with Crippen molar-refractivity contribution in [3.8, 4) is 0 Å². The molecule has 0 spiro atoms. The van der Waals surface area contributed by atoms with Crippen LogP contribution in [0.25, 0.3) is 0 Å². The van der Waals surface area contributed by atoms with Gasteiger partial charge in [-0.05, 0) is 42.0 Å². The summed E-state index contributed by atoms with van der Waals surface area (Å²) in [6, 6.07) is 8.24. The van der Waals surface area contributed by atoms with Gasteiger partial charge in [0, 0.05) is 30.4 Å². The molecule has 2 heterocycles. The summed E-state index contributed by atoms with van der Waals surface area (Å²) in [7, 11) is 0. The summed E-state index contributed by atoms with van der Waals surface area (Å²) < 4.78 is 12.9. The number of urea groups is 1. The van der Waals surface area contributed by atoms with E-state index in [4.69, 9.17) is 0 Å². The molecule has 130 valence electrons. The van der Waals surface area contributed by atoms with Gasteiger partial charge < -0.3 is 15.5 Å². The van der Waals surface area contributed by atoms with E-state index in [0.717, 1.165) is 5.56 Å². The Labute approximate surface area is 148 Å². The molecule has 0 radical (unpaired) electrons. The number of carbonyl (C=O) groups is 2. The number of anilines is 1. The normalized spacial score (nSPS) is 16.5. The van der Waals surface area contributed by atoms with Crippen LogP contribution in [0, 0.1) is 5.82 Å². The van der Waals surface area contributed by atoms with E-state index in [0.29, 0.717) is 23.9 Å². The zero-order valence-electron chi connectivity index (χ0n) is 13.3. The Hall–Kier alpha value is -2.61. The van der Waals surface area contributed by atoms with Crippen molar-refractivity contribution < 1.29 is 14.0 Å². The summed E-state index contributed by atoms with van der Waals surface area (Å²) in [5, 5.41) is 5.53. The predicted molar refractivity (Wildman–Crippen MR) is 94.5 cm³/mol. The average Bonchev–Trinajstić information content (AvgIpc) is 3.12. The number of halogens is 1. The van der Waals surface area contributed by atoms with Gasteiger partial charge in [0.25, 0.3) is 0 Å². The zero-order chi connectivity index (χ0) is 17.6. The second-order valence-electron chi connectivity index (χ2n) is 5.50. The topological polar surface area (TPSA) is 74.3 Å². The molecular weight excluding hydrogens is 343 g/mol. The first-order valence-corrected chi connectivity index (χ1v) is 8.86. The highest BCUT2D eigenvalue weighted by Crippen LogP contribution is 2.22. The van der Waals surface area contributed by atoms with E-state index in [1.807, 2.05) is 12.1 Å². The number of hydrogen-bond acceptors (Lipinski definition) is 4. The van der Waals surface area contributed by atoms with Crippen molar-refractivity contribution in [2.24, 2.45) is 0 Å². The maximum absolute atomic E-state index is 12.9. The lowest BCUT2D eigenvalue weighted by atomic mass is 10.2. The molecule has 6 nitrogen and oxygen atoms in total. The molecule has 0 aliphatic carbocycles. The number of aromatic nitrogens is 1.